The van der Waals surface area contributed by atoms with E-state index in [0.717, 1.165) is 24.6 Å². The molecule has 0 amide bonds. The normalized spacial score (nSPS) is 11.1. The van der Waals surface area contributed by atoms with Crippen LogP contribution in [0, 0.1) is 6.92 Å². The summed E-state index contributed by atoms with van der Waals surface area (Å²) >= 11 is 0. The number of aryl methyl sites for hydroxylation is 1. The maximum atomic E-state index is 5.61. The van der Waals surface area contributed by atoms with Gasteiger partial charge in [0.1, 0.15) is 11.5 Å². The molecule has 0 saturated heterocycles. The summed E-state index contributed by atoms with van der Waals surface area (Å²) in [5.41, 5.74) is 2.51. The average Bonchev–Trinajstić information content (AvgIpc) is 2.82. The average molecular weight is 272 g/mol. The van der Waals surface area contributed by atoms with E-state index in [1.807, 2.05) is 19.1 Å². The number of nitrogens with zero attached hydrogens (tertiary/aromatic N) is 1. The Bertz CT molecular complexity index is 528. The third-order valence-corrected chi connectivity index (χ3v) is 3.28. The number of nitrogens with one attached hydrogen (secondary N) is 1. The predicted molar refractivity (Wildman–Crippen MR) is 84.0 cm³/mol. The Morgan fingerprint density at radius 1 is 1.10 bits per heavy atom. The van der Waals surface area contributed by atoms with E-state index in [0.29, 0.717) is 6.04 Å². The number of hydrogen-bond donors (Lipinski definition) is 1. The number of anilines is 1. The lowest BCUT2D eigenvalue weighted by atomic mass is 10.2. The van der Waals surface area contributed by atoms with E-state index in [1.54, 1.807) is 0 Å². The number of rotatable bonds is 6. The van der Waals surface area contributed by atoms with Crippen LogP contribution >= 0.6 is 0 Å². The molecular weight excluding hydrogens is 248 g/mol. The first kappa shape index (κ1) is 14.7. The molecule has 3 nitrogen and oxygen atoms in total. The summed E-state index contributed by atoms with van der Waals surface area (Å²) in [6.45, 7) is 8.00. The second kappa shape index (κ2) is 6.62. The van der Waals surface area contributed by atoms with E-state index in [1.165, 1.54) is 11.3 Å². The maximum Gasteiger partial charge on any atom is 0.123 e. The molecule has 0 atom stereocenters. The van der Waals surface area contributed by atoms with E-state index >= 15 is 0 Å². The zero-order chi connectivity index (χ0) is 14.5. The fourth-order valence-electron chi connectivity index (χ4n) is 2.09. The number of furan rings is 1. The molecule has 1 aromatic carbocycles. The smallest absolute Gasteiger partial charge is 0.123 e. The van der Waals surface area contributed by atoms with Gasteiger partial charge in [-0.2, -0.15) is 0 Å². The van der Waals surface area contributed by atoms with Crippen molar-refractivity contribution in [2.45, 2.75) is 39.9 Å². The van der Waals surface area contributed by atoms with E-state index in [4.69, 9.17) is 4.42 Å². The molecule has 1 aromatic heterocycles. The van der Waals surface area contributed by atoms with Crippen LogP contribution in [0.2, 0.25) is 0 Å². The van der Waals surface area contributed by atoms with Crippen LogP contribution in [-0.4, -0.2) is 13.1 Å². The quantitative estimate of drug-likeness (QED) is 0.868. The molecule has 0 aliphatic carbocycles. The molecule has 0 bridgehead atoms. The van der Waals surface area contributed by atoms with Gasteiger partial charge in [-0.15, -0.1) is 0 Å². The topological polar surface area (TPSA) is 28.4 Å². The molecule has 0 aliphatic heterocycles. The fraction of sp³-hybridized carbons (Fsp3) is 0.412. The molecule has 0 aliphatic rings. The van der Waals surface area contributed by atoms with Crippen LogP contribution in [0.1, 0.15) is 30.9 Å². The Hall–Kier alpha value is -1.74. The lowest BCUT2D eigenvalue weighted by Crippen LogP contribution is -2.22. The molecule has 1 N–H and O–H groups in total. The summed E-state index contributed by atoms with van der Waals surface area (Å²) < 4.78 is 5.61. The molecule has 20 heavy (non-hydrogen) atoms. The van der Waals surface area contributed by atoms with E-state index in [2.05, 4.69) is 55.4 Å². The molecule has 3 heteroatoms. The molecule has 0 spiro atoms. The van der Waals surface area contributed by atoms with Gasteiger partial charge >= 0.3 is 0 Å². The molecule has 1 heterocycles. The van der Waals surface area contributed by atoms with Crippen LogP contribution in [0.3, 0.4) is 0 Å². The maximum absolute atomic E-state index is 5.61. The van der Waals surface area contributed by atoms with Crippen LogP contribution in [0.4, 0.5) is 5.69 Å². The van der Waals surface area contributed by atoms with Crippen LogP contribution in [0.15, 0.2) is 40.8 Å². The van der Waals surface area contributed by atoms with Gasteiger partial charge in [0.05, 0.1) is 6.54 Å². The van der Waals surface area contributed by atoms with E-state index < -0.39 is 0 Å². The third-order valence-electron chi connectivity index (χ3n) is 3.28. The van der Waals surface area contributed by atoms with Crippen LogP contribution in [0.25, 0.3) is 0 Å². The first-order valence-electron chi connectivity index (χ1n) is 7.13. The van der Waals surface area contributed by atoms with Gasteiger partial charge < -0.3 is 14.6 Å². The van der Waals surface area contributed by atoms with Crippen molar-refractivity contribution < 1.29 is 4.42 Å². The number of benzene rings is 1. The van der Waals surface area contributed by atoms with Gasteiger partial charge in [-0.1, -0.05) is 26.0 Å². The Balaban J connectivity index is 1.94. The Morgan fingerprint density at radius 3 is 2.35 bits per heavy atom. The summed E-state index contributed by atoms with van der Waals surface area (Å²) in [5, 5.41) is 3.42. The minimum absolute atomic E-state index is 0.513. The Kier molecular flexibility index (Phi) is 4.85. The second-order valence-electron chi connectivity index (χ2n) is 5.57. The van der Waals surface area contributed by atoms with E-state index in [9.17, 15) is 0 Å². The molecule has 108 valence electrons. The van der Waals surface area contributed by atoms with Crippen molar-refractivity contribution in [1.82, 2.24) is 5.32 Å². The molecule has 0 fully saturated rings. The zero-order valence-electron chi connectivity index (χ0n) is 12.8. The van der Waals surface area contributed by atoms with Gasteiger partial charge in [0.15, 0.2) is 0 Å². The molecular formula is C17H24N2O. The monoisotopic (exact) mass is 272 g/mol. The van der Waals surface area contributed by atoms with Crippen molar-refractivity contribution in [2.75, 3.05) is 11.9 Å². The molecule has 0 radical (unpaired) electrons. The highest BCUT2D eigenvalue weighted by Gasteiger charge is 2.05. The Labute approximate surface area is 121 Å². The summed E-state index contributed by atoms with van der Waals surface area (Å²) in [4.78, 5) is 2.19. The van der Waals surface area contributed by atoms with Crippen molar-refractivity contribution in [3.8, 4) is 0 Å². The van der Waals surface area contributed by atoms with Gasteiger partial charge in [-0.05, 0) is 36.8 Å². The molecule has 0 saturated carbocycles. The minimum atomic E-state index is 0.513. The summed E-state index contributed by atoms with van der Waals surface area (Å²) in [6.07, 6.45) is 0. The minimum Gasteiger partial charge on any atom is -0.464 e. The van der Waals surface area contributed by atoms with Crippen LogP contribution in [0.5, 0.6) is 0 Å². The van der Waals surface area contributed by atoms with Crippen molar-refractivity contribution >= 4 is 5.69 Å². The third kappa shape index (κ3) is 4.14. The highest BCUT2D eigenvalue weighted by atomic mass is 16.3. The van der Waals surface area contributed by atoms with Crippen molar-refractivity contribution in [3.63, 3.8) is 0 Å². The zero-order valence-corrected chi connectivity index (χ0v) is 12.8. The largest absolute Gasteiger partial charge is 0.464 e. The highest BCUT2D eigenvalue weighted by Crippen LogP contribution is 2.17. The summed E-state index contributed by atoms with van der Waals surface area (Å²) in [6, 6.07) is 13.2. The van der Waals surface area contributed by atoms with E-state index in [-0.39, 0.29) is 0 Å². The Morgan fingerprint density at radius 2 is 1.80 bits per heavy atom. The van der Waals surface area contributed by atoms with Gasteiger partial charge in [0.25, 0.3) is 0 Å². The van der Waals surface area contributed by atoms with Crippen molar-refractivity contribution in [1.29, 1.82) is 0 Å². The SMILES string of the molecule is Cc1ccc(CN(C)c2ccc(CNC(C)C)cc2)o1. The first-order chi connectivity index (χ1) is 9.54. The van der Waals surface area contributed by atoms with Crippen LogP contribution in [-0.2, 0) is 13.1 Å². The lowest BCUT2D eigenvalue weighted by molar-refractivity contribution is 0.482. The predicted octanol–water partition coefficient (Wildman–Crippen LogP) is 3.72. The molecule has 2 rings (SSSR count). The highest BCUT2D eigenvalue weighted by molar-refractivity contribution is 5.47. The first-order valence-corrected chi connectivity index (χ1v) is 7.13. The summed E-state index contributed by atoms with van der Waals surface area (Å²) in [5.74, 6) is 1.96. The van der Waals surface area contributed by atoms with Gasteiger partial charge in [0.2, 0.25) is 0 Å². The van der Waals surface area contributed by atoms with Gasteiger partial charge in [-0.25, -0.2) is 0 Å². The second-order valence-corrected chi connectivity index (χ2v) is 5.57. The van der Waals surface area contributed by atoms with Crippen LogP contribution < -0.4 is 10.2 Å². The van der Waals surface area contributed by atoms with Gasteiger partial charge in [-0.3, -0.25) is 0 Å². The standard InChI is InChI=1S/C17H24N2O/c1-13(2)18-11-15-6-8-16(9-7-15)19(4)12-17-10-5-14(3)20-17/h5-10,13,18H,11-12H2,1-4H3. The van der Waals surface area contributed by atoms with Crippen molar-refractivity contribution in [2.24, 2.45) is 0 Å². The molecule has 0 unspecified atom stereocenters. The summed E-state index contributed by atoms with van der Waals surface area (Å²) in [7, 11) is 2.08. The van der Waals surface area contributed by atoms with Gasteiger partial charge in [0, 0.05) is 25.3 Å². The fourth-order valence-corrected chi connectivity index (χ4v) is 2.09. The lowest BCUT2D eigenvalue weighted by Gasteiger charge is -2.18. The number of hydrogen-bond acceptors (Lipinski definition) is 3. The molecule has 2 aromatic rings. The van der Waals surface area contributed by atoms with Crippen molar-refractivity contribution in [3.05, 3.63) is 53.5 Å².